The van der Waals surface area contributed by atoms with Gasteiger partial charge in [-0.25, -0.2) is 19.3 Å². The van der Waals surface area contributed by atoms with Crippen LogP contribution in [0.2, 0.25) is 5.02 Å². The highest BCUT2D eigenvalue weighted by Gasteiger charge is 2.37. The van der Waals surface area contributed by atoms with Gasteiger partial charge in [-0.15, -0.1) is 0 Å². The van der Waals surface area contributed by atoms with Crippen molar-refractivity contribution in [3.63, 3.8) is 0 Å². The van der Waals surface area contributed by atoms with E-state index >= 15 is 4.39 Å². The third-order valence-corrected chi connectivity index (χ3v) is 7.18. The van der Waals surface area contributed by atoms with Crippen LogP contribution < -0.4 is 10.5 Å². The van der Waals surface area contributed by atoms with Gasteiger partial charge in [0.1, 0.15) is 29.0 Å². The molecule has 3 aromatic heterocycles. The molecule has 1 atom stereocenters. The van der Waals surface area contributed by atoms with Crippen molar-refractivity contribution in [2.24, 2.45) is 7.05 Å². The standard InChI is InChI=1S/C26H27ClFN7O2/c1-14-30-22-21(18-8-5-16(27)9-19(18)28)31-25(32-23(22)24(36)33(14)4)34-12-20(37-26(2,3)13-34)15-10-29-35(11-15)17-6-7-17/h5,8-11,17,20H,6-7,12-13H2,1-4H3. The molecule has 1 saturated carbocycles. The molecule has 1 unspecified atom stereocenters. The SMILES string of the molecule is Cc1nc2c(-c3ccc(Cl)cc3F)nc(N3CC(c4cnn(C5CC5)c4)OC(C)(C)C3)nc2c(=O)n1C. The zero-order chi connectivity index (χ0) is 26.1. The van der Waals surface area contributed by atoms with Crippen LogP contribution in [0.5, 0.6) is 0 Å². The molecule has 2 fully saturated rings. The van der Waals surface area contributed by atoms with Crippen LogP contribution in [0.3, 0.4) is 0 Å². The smallest absolute Gasteiger partial charge is 0.279 e. The summed E-state index contributed by atoms with van der Waals surface area (Å²) in [5.74, 6) is 0.242. The van der Waals surface area contributed by atoms with E-state index in [1.165, 1.54) is 10.6 Å². The Morgan fingerprint density at radius 3 is 2.68 bits per heavy atom. The molecular weight excluding hydrogens is 497 g/mol. The van der Waals surface area contributed by atoms with E-state index in [0.29, 0.717) is 30.9 Å². The average Bonchev–Trinajstić information content (AvgIpc) is 3.57. The van der Waals surface area contributed by atoms with E-state index in [4.69, 9.17) is 21.3 Å². The number of halogens is 2. The molecule has 11 heteroatoms. The summed E-state index contributed by atoms with van der Waals surface area (Å²) in [6.07, 6.45) is 5.90. The monoisotopic (exact) mass is 523 g/mol. The Balaban J connectivity index is 1.49. The Morgan fingerprint density at radius 1 is 1.16 bits per heavy atom. The van der Waals surface area contributed by atoms with Gasteiger partial charge < -0.3 is 9.64 Å². The van der Waals surface area contributed by atoms with Crippen molar-refractivity contribution < 1.29 is 9.13 Å². The molecule has 0 spiro atoms. The number of hydrogen-bond acceptors (Lipinski definition) is 7. The van der Waals surface area contributed by atoms with Crippen LogP contribution in [0.25, 0.3) is 22.3 Å². The molecule has 0 amide bonds. The van der Waals surface area contributed by atoms with E-state index in [0.717, 1.165) is 18.4 Å². The first-order chi connectivity index (χ1) is 17.6. The predicted molar refractivity (Wildman–Crippen MR) is 138 cm³/mol. The molecule has 1 saturated heterocycles. The van der Waals surface area contributed by atoms with Crippen molar-refractivity contribution in [2.45, 2.75) is 51.4 Å². The maximum atomic E-state index is 15.1. The Kier molecular flexibility index (Phi) is 5.57. The largest absolute Gasteiger partial charge is 0.364 e. The molecule has 0 bridgehead atoms. The lowest BCUT2D eigenvalue weighted by Gasteiger charge is -2.42. The minimum absolute atomic E-state index is 0.129. The van der Waals surface area contributed by atoms with Crippen LogP contribution in [-0.4, -0.2) is 48.0 Å². The summed E-state index contributed by atoms with van der Waals surface area (Å²) >= 11 is 6.01. The molecule has 1 aliphatic heterocycles. The number of aryl methyl sites for hydroxylation is 1. The van der Waals surface area contributed by atoms with Crippen LogP contribution in [0.4, 0.5) is 10.3 Å². The van der Waals surface area contributed by atoms with Gasteiger partial charge in [-0.2, -0.15) is 5.10 Å². The fourth-order valence-corrected chi connectivity index (χ4v) is 4.98. The number of ether oxygens (including phenoxy) is 1. The first kappa shape index (κ1) is 24.0. The van der Waals surface area contributed by atoms with Gasteiger partial charge in [0.2, 0.25) is 5.95 Å². The third-order valence-electron chi connectivity index (χ3n) is 6.94. The molecule has 2 aliphatic rings. The summed E-state index contributed by atoms with van der Waals surface area (Å²) in [6.45, 7) is 6.65. The normalized spacial score (nSPS) is 19.5. The molecule has 192 valence electrons. The van der Waals surface area contributed by atoms with E-state index in [1.807, 2.05) is 35.8 Å². The first-order valence-corrected chi connectivity index (χ1v) is 12.6. The number of anilines is 1. The lowest BCUT2D eigenvalue weighted by Crippen LogP contribution is -2.50. The molecule has 4 aromatic rings. The van der Waals surface area contributed by atoms with Crippen molar-refractivity contribution >= 4 is 28.6 Å². The highest BCUT2D eigenvalue weighted by Crippen LogP contribution is 2.37. The van der Waals surface area contributed by atoms with Gasteiger partial charge in [-0.05, 0) is 51.8 Å². The number of morpholine rings is 1. The Labute approximate surface area is 217 Å². The van der Waals surface area contributed by atoms with E-state index in [2.05, 4.69) is 15.1 Å². The molecule has 0 radical (unpaired) electrons. The quantitative estimate of drug-likeness (QED) is 0.392. The highest BCUT2D eigenvalue weighted by molar-refractivity contribution is 6.30. The maximum Gasteiger partial charge on any atom is 0.279 e. The molecule has 6 rings (SSSR count). The van der Waals surface area contributed by atoms with Crippen LogP contribution in [0.1, 0.15) is 50.2 Å². The molecule has 4 heterocycles. The van der Waals surface area contributed by atoms with Crippen LogP contribution in [0.15, 0.2) is 35.4 Å². The first-order valence-electron chi connectivity index (χ1n) is 12.3. The van der Waals surface area contributed by atoms with Gasteiger partial charge in [0.05, 0.1) is 24.4 Å². The second-order valence-electron chi connectivity index (χ2n) is 10.4. The van der Waals surface area contributed by atoms with E-state index in [-0.39, 0.29) is 39.0 Å². The number of hydrogen-bond donors (Lipinski definition) is 0. The topological polar surface area (TPSA) is 91.0 Å². The molecule has 1 aliphatic carbocycles. The average molecular weight is 524 g/mol. The van der Waals surface area contributed by atoms with Crippen LogP contribution in [0, 0.1) is 12.7 Å². The molecule has 37 heavy (non-hydrogen) atoms. The van der Waals surface area contributed by atoms with Crippen LogP contribution >= 0.6 is 11.6 Å². The summed E-state index contributed by atoms with van der Waals surface area (Å²) in [4.78, 5) is 29.2. The van der Waals surface area contributed by atoms with Gasteiger partial charge in [0.15, 0.2) is 5.52 Å². The van der Waals surface area contributed by atoms with Gasteiger partial charge in [-0.1, -0.05) is 11.6 Å². The second-order valence-corrected chi connectivity index (χ2v) is 10.9. The van der Waals surface area contributed by atoms with E-state index in [9.17, 15) is 4.79 Å². The number of fused-ring (bicyclic) bond motifs is 1. The van der Waals surface area contributed by atoms with Gasteiger partial charge in [0.25, 0.3) is 5.56 Å². The Morgan fingerprint density at radius 2 is 1.95 bits per heavy atom. The van der Waals surface area contributed by atoms with Crippen molar-refractivity contribution in [2.75, 3.05) is 18.0 Å². The molecule has 9 nitrogen and oxygen atoms in total. The maximum absolute atomic E-state index is 15.1. The summed E-state index contributed by atoms with van der Waals surface area (Å²) in [6, 6.07) is 4.83. The molecular formula is C26H27ClFN7O2. The minimum Gasteiger partial charge on any atom is -0.364 e. The second kappa shape index (κ2) is 8.59. The van der Waals surface area contributed by atoms with Crippen molar-refractivity contribution in [3.05, 3.63) is 63.2 Å². The van der Waals surface area contributed by atoms with Crippen molar-refractivity contribution in [1.82, 2.24) is 29.3 Å². The van der Waals surface area contributed by atoms with Crippen molar-refractivity contribution in [1.29, 1.82) is 0 Å². The summed E-state index contributed by atoms with van der Waals surface area (Å²) in [5, 5.41) is 4.79. The third kappa shape index (κ3) is 4.38. The van der Waals surface area contributed by atoms with Gasteiger partial charge >= 0.3 is 0 Å². The zero-order valence-electron chi connectivity index (χ0n) is 21.1. The predicted octanol–water partition coefficient (Wildman–Crippen LogP) is 4.38. The number of aromatic nitrogens is 6. The summed E-state index contributed by atoms with van der Waals surface area (Å²) in [7, 11) is 1.64. The van der Waals surface area contributed by atoms with Crippen molar-refractivity contribution in [3.8, 4) is 11.3 Å². The number of nitrogens with zero attached hydrogens (tertiary/aromatic N) is 7. The summed E-state index contributed by atoms with van der Waals surface area (Å²) in [5.41, 5.74) is 0.945. The summed E-state index contributed by atoms with van der Waals surface area (Å²) < 4.78 is 24.9. The van der Waals surface area contributed by atoms with Crippen LogP contribution in [-0.2, 0) is 11.8 Å². The van der Waals surface area contributed by atoms with E-state index < -0.39 is 11.4 Å². The zero-order valence-corrected chi connectivity index (χ0v) is 21.8. The number of rotatable bonds is 4. The van der Waals surface area contributed by atoms with Gasteiger partial charge in [-0.3, -0.25) is 14.0 Å². The number of benzene rings is 1. The fraction of sp³-hybridized carbons (Fsp3) is 0.423. The van der Waals surface area contributed by atoms with Gasteiger partial charge in [0, 0.05) is 35.9 Å². The Bertz CT molecular complexity index is 1590. The molecule has 1 aromatic carbocycles. The molecule has 0 N–H and O–H groups in total. The Hall–Kier alpha value is -3.37. The lowest BCUT2D eigenvalue weighted by molar-refractivity contribution is -0.0859. The minimum atomic E-state index is -0.550. The van der Waals surface area contributed by atoms with E-state index in [1.54, 1.807) is 26.1 Å². The lowest BCUT2D eigenvalue weighted by atomic mass is 10.0. The fourth-order valence-electron chi connectivity index (χ4n) is 4.82. The highest BCUT2D eigenvalue weighted by atomic mass is 35.5.